The summed E-state index contributed by atoms with van der Waals surface area (Å²) in [7, 11) is 0. The lowest BCUT2D eigenvalue weighted by atomic mass is 9.41. The van der Waals surface area contributed by atoms with Gasteiger partial charge in [-0.15, -0.1) is 0 Å². The van der Waals surface area contributed by atoms with Gasteiger partial charge in [-0.1, -0.05) is 17.3 Å². The van der Waals surface area contributed by atoms with Crippen molar-refractivity contribution in [3.8, 4) is 11.3 Å². The van der Waals surface area contributed by atoms with E-state index < -0.39 is 11.1 Å². The van der Waals surface area contributed by atoms with Crippen LogP contribution in [0.1, 0.15) is 94.3 Å². The Balaban J connectivity index is 0.992. The van der Waals surface area contributed by atoms with E-state index in [1.54, 1.807) is 0 Å². The van der Waals surface area contributed by atoms with Crippen LogP contribution in [0, 0.1) is 10.8 Å². The van der Waals surface area contributed by atoms with E-state index in [9.17, 15) is 9.18 Å². The molecular formula is C32H36FN5O3. The fourth-order valence-electron chi connectivity index (χ4n) is 8.48. The number of aromatic nitrogens is 4. The lowest BCUT2D eigenvalue weighted by molar-refractivity contribution is -0.211. The molecule has 8 aliphatic rings. The Morgan fingerprint density at radius 3 is 2.46 bits per heavy atom. The van der Waals surface area contributed by atoms with Gasteiger partial charge in [-0.25, -0.2) is 4.39 Å². The second kappa shape index (κ2) is 8.27. The van der Waals surface area contributed by atoms with Gasteiger partial charge in [0.05, 0.1) is 30.4 Å². The third kappa shape index (κ3) is 3.73. The summed E-state index contributed by atoms with van der Waals surface area (Å²) in [4.78, 5) is 21.1. The molecule has 7 saturated carbocycles. The number of carbonyl (C=O) groups excluding carboxylic acids is 1. The fourth-order valence-corrected chi connectivity index (χ4v) is 8.48. The van der Waals surface area contributed by atoms with E-state index in [4.69, 9.17) is 19.3 Å². The standard InChI is InChI=1S/C32H36FN5O3/c33-32-17-31(18-32,19-32)28(39)37(23-3-1-2-22(14-23)25-6-13-38(35-25)24-15-40-16-24)20-29-7-10-30(11-8-29,12-9-29)27-34-26(36-41-27)21-4-5-21/h1-3,6,13-14,21,24H,4-5,7-12,15-20H2. The molecule has 0 N–H and O–H groups in total. The summed E-state index contributed by atoms with van der Waals surface area (Å²) in [6.07, 6.45) is 11.6. The number of halogens is 1. The molecule has 8 fully saturated rings. The number of benzene rings is 1. The summed E-state index contributed by atoms with van der Waals surface area (Å²) >= 11 is 0. The van der Waals surface area contributed by atoms with Crippen LogP contribution in [0.2, 0.25) is 0 Å². The van der Waals surface area contributed by atoms with Gasteiger partial charge in [-0.3, -0.25) is 9.48 Å². The van der Waals surface area contributed by atoms with Crippen molar-refractivity contribution in [1.82, 2.24) is 19.9 Å². The number of anilines is 1. The van der Waals surface area contributed by atoms with Crippen LogP contribution >= 0.6 is 0 Å². The predicted octanol–water partition coefficient (Wildman–Crippen LogP) is 5.90. The van der Waals surface area contributed by atoms with E-state index in [0.29, 0.717) is 51.0 Å². The average molecular weight is 558 g/mol. The first-order valence-electron chi connectivity index (χ1n) is 15.4. The summed E-state index contributed by atoms with van der Waals surface area (Å²) in [5, 5.41) is 9.12. The Bertz CT molecular complexity index is 1490. The fraction of sp³-hybridized carbons (Fsp3) is 0.625. The van der Waals surface area contributed by atoms with Crippen molar-refractivity contribution >= 4 is 11.6 Å². The summed E-state index contributed by atoms with van der Waals surface area (Å²) in [5.41, 5.74) is 1.18. The van der Waals surface area contributed by atoms with Crippen molar-refractivity contribution in [2.24, 2.45) is 10.8 Å². The minimum absolute atomic E-state index is 0.0184. The molecule has 8 nitrogen and oxygen atoms in total. The van der Waals surface area contributed by atoms with E-state index in [-0.39, 0.29) is 16.7 Å². The molecule has 9 heteroatoms. The van der Waals surface area contributed by atoms with Crippen molar-refractivity contribution in [2.45, 2.75) is 93.7 Å². The maximum absolute atomic E-state index is 14.6. The number of alkyl halides is 1. The van der Waals surface area contributed by atoms with Crippen LogP contribution in [0.15, 0.2) is 41.1 Å². The van der Waals surface area contributed by atoms with Crippen LogP contribution in [0.3, 0.4) is 0 Å². The lowest BCUT2D eigenvalue weighted by Gasteiger charge is -2.65. The van der Waals surface area contributed by atoms with Crippen molar-refractivity contribution in [1.29, 1.82) is 0 Å². The Hall–Kier alpha value is -3.07. The molecule has 7 aliphatic carbocycles. The molecule has 0 unspecified atom stereocenters. The van der Waals surface area contributed by atoms with Gasteiger partial charge in [0.2, 0.25) is 11.8 Å². The normalized spacial score (nSPS) is 35.4. The van der Waals surface area contributed by atoms with Crippen molar-refractivity contribution in [3.05, 3.63) is 48.2 Å². The van der Waals surface area contributed by atoms with Gasteiger partial charge < -0.3 is 14.2 Å². The highest BCUT2D eigenvalue weighted by atomic mass is 19.1. The van der Waals surface area contributed by atoms with Crippen LogP contribution < -0.4 is 4.90 Å². The molecule has 11 rings (SSSR count). The molecule has 3 heterocycles. The Morgan fingerprint density at radius 2 is 1.80 bits per heavy atom. The number of carbonyl (C=O) groups is 1. The summed E-state index contributed by atoms with van der Waals surface area (Å²) in [6.45, 7) is 2.07. The molecule has 214 valence electrons. The van der Waals surface area contributed by atoms with Crippen LogP contribution in [0.25, 0.3) is 11.3 Å². The quantitative estimate of drug-likeness (QED) is 0.343. The molecule has 0 spiro atoms. The second-order valence-corrected chi connectivity index (χ2v) is 14.3. The number of rotatable bonds is 8. The highest BCUT2D eigenvalue weighted by Gasteiger charge is 2.73. The first-order chi connectivity index (χ1) is 19.9. The van der Waals surface area contributed by atoms with Crippen molar-refractivity contribution in [3.63, 3.8) is 0 Å². The molecule has 4 bridgehead atoms. The van der Waals surface area contributed by atoms with E-state index in [0.717, 1.165) is 67.2 Å². The van der Waals surface area contributed by atoms with E-state index in [2.05, 4.69) is 17.3 Å². The van der Waals surface area contributed by atoms with Gasteiger partial charge in [-0.05, 0) is 94.2 Å². The van der Waals surface area contributed by atoms with Gasteiger partial charge in [0.1, 0.15) is 5.67 Å². The van der Waals surface area contributed by atoms with Crippen molar-refractivity contribution < 1.29 is 18.4 Å². The third-order valence-corrected chi connectivity index (χ3v) is 11.5. The minimum Gasteiger partial charge on any atom is -0.377 e. The number of amides is 1. The first-order valence-corrected chi connectivity index (χ1v) is 15.4. The SMILES string of the molecule is O=C(N(CC12CCC(c3nc(C4CC4)no3)(CC1)CC2)c1cccc(-c2ccn(C3COC3)n2)c1)C12CC(F)(C1)C2. The van der Waals surface area contributed by atoms with Crippen LogP contribution in [-0.2, 0) is 14.9 Å². The number of hydrogen-bond acceptors (Lipinski definition) is 6. The Kier molecular flexibility index (Phi) is 4.95. The van der Waals surface area contributed by atoms with E-state index >= 15 is 0 Å². The largest absolute Gasteiger partial charge is 0.377 e. The highest BCUT2D eigenvalue weighted by Crippen LogP contribution is 2.70. The lowest BCUT2D eigenvalue weighted by Crippen LogP contribution is -2.71. The zero-order valence-electron chi connectivity index (χ0n) is 23.4. The molecule has 1 amide bonds. The molecule has 3 aromatic rings. The number of ether oxygens (including phenoxy) is 1. The summed E-state index contributed by atoms with van der Waals surface area (Å²) in [6, 6.07) is 10.5. The monoisotopic (exact) mass is 557 g/mol. The van der Waals surface area contributed by atoms with E-state index in [1.807, 2.05) is 34.0 Å². The topological polar surface area (TPSA) is 86.3 Å². The number of fused-ring (bicyclic) bond motifs is 3. The minimum atomic E-state index is -1.11. The maximum Gasteiger partial charge on any atom is 0.233 e. The van der Waals surface area contributed by atoms with E-state index in [1.165, 1.54) is 12.8 Å². The zero-order chi connectivity index (χ0) is 27.5. The Labute approximate surface area is 238 Å². The predicted molar refractivity (Wildman–Crippen MR) is 148 cm³/mol. The van der Waals surface area contributed by atoms with Crippen LogP contribution in [0.4, 0.5) is 10.1 Å². The van der Waals surface area contributed by atoms with Gasteiger partial charge in [0.15, 0.2) is 5.82 Å². The summed E-state index contributed by atoms with van der Waals surface area (Å²) < 4.78 is 27.7. The first kappa shape index (κ1) is 24.5. The van der Waals surface area contributed by atoms with Crippen molar-refractivity contribution in [2.75, 3.05) is 24.7 Å². The smallest absolute Gasteiger partial charge is 0.233 e. The average Bonchev–Trinajstić information content (AvgIpc) is 3.45. The van der Waals surface area contributed by atoms with Gasteiger partial charge in [-0.2, -0.15) is 10.1 Å². The van der Waals surface area contributed by atoms with Gasteiger partial charge in [0, 0.05) is 35.3 Å². The molecule has 2 aromatic heterocycles. The second-order valence-electron chi connectivity index (χ2n) is 14.3. The molecule has 0 radical (unpaired) electrons. The molecule has 1 aromatic carbocycles. The third-order valence-electron chi connectivity index (χ3n) is 11.5. The zero-order valence-corrected chi connectivity index (χ0v) is 23.4. The number of hydrogen-bond donors (Lipinski definition) is 0. The Morgan fingerprint density at radius 1 is 1.05 bits per heavy atom. The summed E-state index contributed by atoms with van der Waals surface area (Å²) in [5.74, 6) is 2.33. The van der Waals surface area contributed by atoms with Crippen LogP contribution in [-0.4, -0.2) is 51.3 Å². The molecule has 1 aliphatic heterocycles. The molecular weight excluding hydrogens is 521 g/mol. The molecule has 1 saturated heterocycles. The van der Waals surface area contributed by atoms with Gasteiger partial charge in [0.25, 0.3) is 0 Å². The molecule has 41 heavy (non-hydrogen) atoms. The van der Waals surface area contributed by atoms with Gasteiger partial charge >= 0.3 is 0 Å². The maximum atomic E-state index is 14.6. The highest BCUT2D eigenvalue weighted by molar-refractivity contribution is 6.00. The molecule has 0 atom stereocenters. The van der Waals surface area contributed by atoms with Crippen LogP contribution in [0.5, 0.6) is 0 Å². The number of nitrogens with zero attached hydrogens (tertiary/aromatic N) is 5.